The summed E-state index contributed by atoms with van der Waals surface area (Å²) in [6.07, 6.45) is 1.97. The summed E-state index contributed by atoms with van der Waals surface area (Å²) in [4.78, 5) is 9.49. The van der Waals surface area contributed by atoms with Crippen LogP contribution in [0.25, 0.3) is 0 Å². The highest BCUT2D eigenvalue weighted by Crippen LogP contribution is 2.22. The maximum Gasteiger partial charge on any atom is 0.131 e. The summed E-state index contributed by atoms with van der Waals surface area (Å²) in [7, 11) is 0. The summed E-state index contributed by atoms with van der Waals surface area (Å²) in [6.45, 7) is 6.29. The van der Waals surface area contributed by atoms with Crippen LogP contribution in [-0.4, -0.2) is 31.2 Å². The van der Waals surface area contributed by atoms with Gasteiger partial charge in [0.2, 0.25) is 0 Å². The molecular weight excluding hydrogens is 326 g/mol. The third-order valence-corrected chi connectivity index (χ3v) is 4.61. The quantitative estimate of drug-likeness (QED) is 0.792. The molecule has 110 valence electrons. The number of rotatable bonds is 3. The second-order valence-corrected chi connectivity index (χ2v) is 5.99. The minimum absolute atomic E-state index is 0.864. The van der Waals surface area contributed by atoms with Gasteiger partial charge in [-0.15, -0.1) is 0 Å². The van der Waals surface area contributed by atoms with Crippen LogP contribution in [0.4, 0.5) is 11.5 Å². The van der Waals surface area contributed by atoms with Gasteiger partial charge in [-0.05, 0) is 30.2 Å². The molecule has 1 fully saturated rings. The lowest BCUT2D eigenvalue weighted by atomic mass is 10.2. The molecule has 0 N–H and O–H groups in total. The second-order valence-electron chi connectivity index (χ2n) is 5.43. The fourth-order valence-corrected chi connectivity index (χ4v) is 3.15. The van der Waals surface area contributed by atoms with Crippen LogP contribution in [0.2, 0.25) is 0 Å². The van der Waals surface area contributed by atoms with Crippen LogP contribution in [-0.2, 0) is 5.33 Å². The first-order valence-electron chi connectivity index (χ1n) is 7.34. The van der Waals surface area contributed by atoms with Crippen LogP contribution in [0, 0.1) is 6.92 Å². The van der Waals surface area contributed by atoms with Crippen molar-refractivity contribution in [2.45, 2.75) is 12.3 Å². The first kappa shape index (κ1) is 14.4. The Morgan fingerprint density at radius 3 is 2.33 bits per heavy atom. The zero-order valence-electron chi connectivity index (χ0n) is 12.3. The van der Waals surface area contributed by atoms with E-state index in [2.05, 4.69) is 74.0 Å². The monoisotopic (exact) mass is 345 g/mol. The zero-order chi connectivity index (χ0) is 14.7. The Morgan fingerprint density at radius 1 is 1.05 bits per heavy atom. The van der Waals surface area contributed by atoms with Gasteiger partial charge in [0.15, 0.2) is 0 Å². The first-order valence-corrected chi connectivity index (χ1v) is 8.46. The molecule has 0 atom stereocenters. The molecule has 2 aromatic rings. The van der Waals surface area contributed by atoms with E-state index in [0.717, 1.165) is 37.3 Å². The number of hydrogen-bond donors (Lipinski definition) is 0. The van der Waals surface area contributed by atoms with Crippen molar-refractivity contribution in [1.82, 2.24) is 4.98 Å². The average Bonchev–Trinajstić information content (AvgIpc) is 2.56. The predicted molar refractivity (Wildman–Crippen MR) is 92.5 cm³/mol. The molecule has 1 aromatic carbocycles. The molecule has 4 heteroatoms. The predicted octanol–water partition coefficient (Wildman–Crippen LogP) is 3.61. The third kappa shape index (κ3) is 3.21. The van der Waals surface area contributed by atoms with Gasteiger partial charge in [-0.2, -0.15) is 0 Å². The van der Waals surface area contributed by atoms with Crippen molar-refractivity contribution in [2.24, 2.45) is 0 Å². The molecule has 1 saturated heterocycles. The first-order chi connectivity index (χ1) is 10.3. The largest absolute Gasteiger partial charge is 0.368 e. The SMILES string of the molecule is Cc1cc(CBr)cnc1N1CCN(c2ccccc2)CC1. The van der Waals surface area contributed by atoms with E-state index >= 15 is 0 Å². The van der Waals surface area contributed by atoms with Gasteiger partial charge in [0.05, 0.1) is 0 Å². The Bertz CT molecular complexity index is 592. The van der Waals surface area contributed by atoms with E-state index in [1.165, 1.54) is 16.8 Å². The lowest BCUT2D eigenvalue weighted by molar-refractivity contribution is 0.646. The number of piperazine rings is 1. The van der Waals surface area contributed by atoms with Crippen molar-refractivity contribution >= 4 is 27.4 Å². The Hall–Kier alpha value is -1.55. The number of para-hydroxylation sites is 1. The van der Waals surface area contributed by atoms with Crippen LogP contribution in [0.5, 0.6) is 0 Å². The molecule has 2 heterocycles. The van der Waals surface area contributed by atoms with Crippen molar-refractivity contribution < 1.29 is 0 Å². The summed E-state index contributed by atoms with van der Waals surface area (Å²) in [5, 5.41) is 0.864. The molecule has 1 aliphatic heterocycles. The summed E-state index contributed by atoms with van der Waals surface area (Å²) < 4.78 is 0. The van der Waals surface area contributed by atoms with Crippen molar-refractivity contribution in [2.75, 3.05) is 36.0 Å². The minimum atomic E-state index is 0.864. The third-order valence-electron chi connectivity index (χ3n) is 3.96. The number of halogens is 1. The average molecular weight is 346 g/mol. The smallest absolute Gasteiger partial charge is 0.131 e. The maximum absolute atomic E-state index is 4.65. The van der Waals surface area contributed by atoms with Crippen molar-refractivity contribution in [3.63, 3.8) is 0 Å². The number of alkyl halides is 1. The Balaban J connectivity index is 1.68. The highest BCUT2D eigenvalue weighted by Gasteiger charge is 2.19. The van der Waals surface area contributed by atoms with Crippen LogP contribution < -0.4 is 9.80 Å². The van der Waals surface area contributed by atoms with E-state index in [-0.39, 0.29) is 0 Å². The van der Waals surface area contributed by atoms with Crippen molar-refractivity contribution in [1.29, 1.82) is 0 Å². The normalized spacial score (nSPS) is 15.3. The minimum Gasteiger partial charge on any atom is -0.368 e. The van der Waals surface area contributed by atoms with Gasteiger partial charge in [0.25, 0.3) is 0 Å². The number of hydrogen-bond acceptors (Lipinski definition) is 3. The summed E-state index contributed by atoms with van der Waals surface area (Å²) in [6, 6.07) is 12.9. The molecule has 1 aromatic heterocycles. The van der Waals surface area contributed by atoms with Gasteiger partial charge in [-0.25, -0.2) is 4.98 Å². The molecule has 1 aliphatic rings. The van der Waals surface area contributed by atoms with Gasteiger partial charge in [-0.3, -0.25) is 0 Å². The highest BCUT2D eigenvalue weighted by molar-refractivity contribution is 9.08. The summed E-state index contributed by atoms with van der Waals surface area (Å²) >= 11 is 3.49. The molecule has 3 nitrogen and oxygen atoms in total. The Labute approximate surface area is 134 Å². The fourth-order valence-electron chi connectivity index (χ4n) is 2.85. The van der Waals surface area contributed by atoms with Gasteiger partial charge >= 0.3 is 0 Å². The molecule has 0 bridgehead atoms. The van der Waals surface area contributed by atoms with E-state index in [9.17, 15) is 0 Å². The molecule has 0 spiro atoms. The number of anilines is 2. The molecule has 21 heavy (non-hydrogen) atoms. The van der Waals surface area contributed by atoms with E-state index in [0.29, 0.717) is 0 Å². The number of pyridine rings is 1. The number of aryl methyl sites for hydroxylation is 1. The number of aromatic nitrogens is 1. The highest BCUT2D eigenvalue weighted by atomic mass is 79.9. The number of nitrogens with zero attached hydrogens (tertiary/aromatic N) is 3. The second kappa shape index (κ2) is 6.48. The zero-order valence-corrected chi connectivity index (χ0v) is 13.9. The van der Waals surface area contributed by atoms with Gasteiger partial charge in [-0.1, -0.05) is 40.2 Å². The number of benzene rings is 1. The van der Waals surface area contributed by atoms with E-state index in [4.69, 9.17) is 0 Å². The van der Waals surface area contributed by atoms with Crippen molar-refractivity contribution in [3.05, 3.63) is 53.7 Å². The lowest BCUT2D eigenvalue weighted by Crippen LogP contribution is -2.47. The molecule has 0 saturated carbocycles. The van der Waals surface area contributed by atoms with Gasteiger partial charge in [0, 0.05) is 43.4 Å². The van der Waals surface area contributed by atoms with Gasteiger partial charge < -0.3 is 9.80 Å². The molecular formula is C17H20BrN3. The molecule has 3 rings (SSSR count). The maximum atomic E-state index is 4.65. The molecule has 0 aliphatic carbocycles. The van der Waals surface area contributed by atoms with E-state index in [1.807, 2.05) is 6.20 Å². The van der Waals surface area contributed by atoms with Crippen LogP contribution in [0.3, 0.4) is 0 Å². The van der Waals surface area contributed by atoms with Crippen LogP contribution in [0.15, 0.2) is 42.6 Å². The Morgan fingerprint density at radius 2 is 1.71 bits per heavy atom. The topological polar surface area (TPSA) is 19.4 Å². The standard InChI is InChI=1S/C17H20BrN3/c1-14-11-15(12-18)13-19-17(14)21-9-7-20(8-10-21)16-5-3-2-4-6-16/h2-6,11,13H,7-10,12H2,1H3. The molecule has 0 amide bonds. The summed E-state index contributed by atoms with van der Waals surface area (Å²) in [5.74, 6) is 1.13. The molecule has 0 unspecified atom stereocenters. The molecule has 0 radical (unpaired) electrons. The fraction of sp³-hybridized carbons (Fsp3) is 0.353. The van der Waals surface area contributed by atoms with Crippen LogP contribution >= 0.6 is 15.9 Å². The van der Waals surface area contributed by atoms with Gasteiger partial charge in [0.1, 0.15) is 5.82 Å². The van der Waals surface area contributed by atoms with E-state index < -0.39 is 0 Å². The van der Waals surface area contributed by atoms with Crippen LogP contribution in [0.1, 0.15) is 11.1 Å². The van der Waals surface area contributed by atoms with Crippen molar-refractivity contribution in [3.8, 4) is 0 Å². The Kier molecular flexibility index (Phi) is 4.44. The van der Waals surface area contributed by atoms with E-state index in [1.54, 1.807) is 0 Å². The summed E-state index contributed by atoms with van der Waals surface area (Å²) in [5.41, 5.74) is 3.82. The lowest BCUT2D eigenvalue weighted by Gasteiger charge is -2.37.